The lowest BCUT2D eigenvalue weighted by atomic mass is 9.96. The van der Waals surface area contributed by atoms with E-state index in [1.54, 1.807) is 0 Å². The van der Waals surface area contributed by atoms with E-state index in [-0.39, 0.29) is 0 Å². The molecule has 121 valence electrons. The molecule has 0 fully saturated rings. The Balaban J connectivity index is 3.10. The summed E-state index contributed by atoms with van der Waals surface area (Å²) in [5.74, 6) is 0.961. The molecule has 0 aromatic carbocycles. The largest absolute Gasteiger partial charge is 0.0654 e. The van der Waals surface area contributed by atoms with E-state index in [0.29, 0.717) is 0 Å². The van der Waals surface area contributed by atoms with Crippen molar-refractivity contribution in [3.05, 3.63) is 6.92 Å². The summed E-state index contributed by atoms with van der Waals surface area (Å²) in [5.41, 5.74) is 0. The molecule has 0 amide bonds. The molecule has 0 bridgehead atoms. The van der Waals surface area contributed by atoms with E-state index < -0.39 is 0 Å². The third-order valence-electron chi connectivity index (χ3n) is 4.50. The lowest BCUT2D eigenvalue weighted by Gasteiger charge is -2.11. The van der Waals surface area contributed by atoms with Crippen LogP contribution in [-0.2, 0) is 0 Å². The molecular formula is C20H41. The van der Waals surface area contributed by atoms with Gasteiger partial charge in [-0.25, -0.2) is 0 Å². The van der Waals surface area contributed by atoms with E-state index in [0.717, 1.165) is 12.3 Å². The predicted molar refractivity (Wildman–Crippen MR) is 94.1 cm³/mol. The van der Waals surface area contributed by atoms with Crippen molar-refractivity contribution in [2.45, 2.75) is 117 Å². The van der Waals surface area contributed by atoms with E-state index in [2.05, 4.69) is 20.8 Å². The van der Waals surface area contributed by atoms with Crippen LogP contribution in [0.15, 0.2) is 0 Å². The topological polar surface area (TPSA) is 0 Å². The Bertz CT molecular complexity index is 161. The van der Waals surface area contributed by atoms with Crippen LogP contribution in [0.25, 0.3) is 0 Å². The Hall–Kier alpha value is 0. The van der Waals surface area contributed by atoms with E-state index >= 15 is 0 Å². The maximum atomic E-state index is 3.90. The van der Waals surface area contributed by atoms with Gasteiger partial charge in [-0.05, 0) is 5.92 Å². The maximum Gasteiger partial charge on any atom is -0.0443 e. The average molecular weight is 282 g/mol. The first-order valence-corrected chi connectivity index (χ1v) is 9.60. The Kier molecular flexibility index (Phi) is 17.1. The van der Waals surface area contributed by atoms with Gasteiger partial charge in [0.1, 0.15) is 0 Å². The van der Waals surface area contributed by atoms with Crippen LogP contribution in [0.4, 0.5) is 0 Å². The number of hydrogen-bond acceptors (Lipinski definition) is 0. The van der Waals surface area contributed by atoms with Crippen LogP contribution in [0.2, 0.25) is 0 Å². The molecular weight excluding hydrogens is 240 g/mol. The zero-order valence-electron chi connectivity index (χ0n) is 14.6. The minimum atomic E-state index is 0.961. The molecule has 0 rings (SSSR count). The van der Waals surface area contributed by atoms with Crippen LogP contribution in [0.3, 0.4) is 0 Å². The molecule has 1 atom stereocenters. The zero-order valence-corrected chi connectivity index (χ0v) is 14.6. The van der Waals surface area contributed by atoms with Crippen molar-refractivity contribution in [1.29, 1.82) is 0 Å². The molecule has 1 radical (unpaired) electrons. The quantitative estimate of drug-likeness (QED) is 0.254. The summed E-state index contributed by atoms with van der Waals surface area (Å²) < 4.78 is 0. The molecule has 0 aliphatic carbocycles. The predicted octanol–water partition coefficient (Wildman–Crippen LogP) is 7.72. The fraction of sp³-hybridized carbons (Fsp3) is 0.950. The van der Waals surface area contributed by atoms with Crippen molar-refractivity contribution in [2.75, 3.05) is 0 Å². The van der Waals surface area contributed by atoms with Gasteiger partial charge in [0, 0.05) is 0 Å². The second-order valence-corrected chi connectivity index (χ2v) is 6.78. The van der Waals surface area contributed by atoms with Crippen molar-refractivity contribution in [3.8, 4) is 0 Å². The normalized spacial score (nSPS) is 12.8. The van der Waals surface area contributed by atoms with Gasteiger partial charge in [-0.15, -0.1) is 0 Å². The van der Waals surface area contributed by atoms with E-state index in [9.17, 15) is 0 Å². The first kappa shape index (κ1) is 20.0. The second kappa shape index (κ2) is 17.1. The number of rotatable bonds is 16. The summed E-state index contributed by atoms with van der Waals surface area (Å²) in [5, 5.41) is 0. The molecule has 0 aromatic heterocycles. The molecule has 0 spiro atoms. The Morgan fingerprint density at radius 2 is 1.00 bits per heavy atom. The lowest BCUT2D eigenvalue weighted by molar-refractivity contribution is 0.431. The van der Waals surface area contributed by atoms with E-state index in [4.69, 9.17) is 0 Å². The molecule has 0 aliphatic rings. The second-order valence-electron chi connectivity index (χ2n) is 6.78. The average Bonchev–Trinajstić information content (AvgIpc) is 2.45. The molecule has 20 heavy (non-hydrogen) atoms. The summed E-state index contributed by atoms with van der Waals surface area (Å²) in [6.45, 7) is 8.65. The Labute approximate surface area is 130 Å². The molecule has 1 unspecified atom stereocenters. The first-order valence-electron chi connectivity index (χ1n) is 9.60. The molecule has 0 aromatic rings. The molecule has 0 aliphatic heterocycles. The number of hydrogen-bond donors (Lipinski definition) is 0. The minimum absolute atomic E-state index is 0.961. The smallest absolute Gasteiger partial charge is 0.0443 e. The van der Waals surface area contributed by atoms with Crippen molar-refractivity contribution in [1.82, 2.24) is 0 Å². The van der Waals surface area contributed by atoms with Gasteiger partial charge in [-0.3, -0.25) is 0 Å². The highest BCUT2D eigenvalue weighted by Crippen LogP contribution is 2.18. The van der Waals surface area contributed by atoms with Gasteiger partial charge < -0.3 is 0 Å². The van der Waals surface area contributed by atoms with Crippen LogP contribution < -0.4 is 0 Å². The van der Waals surface area contributed by atoms with E-state index in [1.807, 2.05) is 0 Å². The fourth-order valence-corrected chi connectivity index (χ4v) is 2.97. The summed E-state index contributed by atoms with van der Waals surface area (Å²) in [6.07, 6.45) is 22.7. The first-order chi connectivity index (χ1) is 9.81. The van der Waals surface area contributed by atoms with Crippen LogP contribution >= 0.6 is 0 Å². The van der Waals surface area contributed by atoms with Crippen molar-refractivity contribution < 1.29 is 0 Å². The van der Waals surface area contributed by atoms with Gasteiger partial charge in [0.25, 0.3) is 0 Å². The van der Waals surface area contributed by atoms with Gasteiger partial charge in [0.05, 0.1) is 0 Å². The van der Waals surface area contributed by atoms with Gasteiger partial charge >= 0.3 is 0 Å². The highest BCUT2D eigenvalue weighted by Gasteiger charge is 2.02. The monoisotopic (exact) mass is 281 g/mol. The molecule has 0 heteroatoms. The Morgan fingerprint density at radius 3 is 1.45 bits per heavy atom. The van der Waals surface area contributed by atoms with Crippen LogP contribution in [0.5, 0.6) is 0 Å². The third-order valence-corrected chi connectivity index (χ3v) is 4.50. The number of unbranched alkanes of at least 4 members (excludes halogenated alkanes) is 12. The third kappa shape index (κ3) is 16.1. The van der Waals surface area contributed by atoms with Gasteiger partial charge in [0.2, 0.25) is 0 Å². The van der Waals surface area contributed by atoms with Crippen LogP contribution in [-0.4, -0.2) is 0 Å². The molecule has 0 nitrogen and oxygen atoms in total. The van der Waals surface area contributed by atoms with Crippen LogP contribution in [0, 0.1) is 12.8 Å². The molecule has 0 saturated carbocycles. The van der Waals surface area contributed by atoms with Crippen molar-refractivity contribution in [2.24, 2.45) is 5.92 Å². The van der Waals surface area contributed by atoms with Crippen molar-refractivity contribution in [3.63, 3.8) is 0 Å². The SMILES string of the molecule is [CH2]CCCCCCCC(C)CCCCCCCCCC. The van der Waals surface area contributed by atoms with Crippen molar-refractivity contribution >= 4 is 0 Å². The summed E-state index contributed by atoms with van der Waals surface area (Å²) >= 11 is 0. The van der Waals surface area contributed by atoms with E-state index in [1.165, 1.54) is 96.3 Å². The summed E-state index contributed by atoms with van der Waals surface area (Å²) in [6, 6.07) is 0. The van der Waals surface area contributed by atoms with Gasteiger partial charge in [0.15, 0.2) is 0 Å². The van der Waals surface area contributed by atoms with Gasteiger partial charge in [-0.1, -0.05) is 124 Å². The summed E-state index contributed by atoms with van der Waals surface area (Å²) in [7, 11) is 0. The van der Waals surface area contributed by atoms with Crippen LogP contribution in [0.1, 0.15) is 117 Å². The zero-order chi connectivity index (χ0) is 14.9. The summed E-state index contributed by atoms with van der Waals surface area (Å²) in [4.78, 5) is 0. The maximum absolute atomic E-state index is 3.90. The molecule has 0 saturated heterocycles. The highest BCUT2D eigenvalue weighted by atomic mass is 14.1. The van der Waals surface area contributed by atoms with Gasteiger partial charge in [-0.2, -0.15) is 0 Å². The standard InChI is InChI=1S/C20H41/c1-4-6-8-10-12-13-15-17-19-20(3)18-16-14-11-9-7-5-2/h20H,2,4-19H2,1,3H3. The highest BCUT2D eigenvalue weighted by molar-refractivity contribution is 4.56. The lowest BCUT2D eigenvalue weighted by Crippen LogP contribution is -1.95. The molecule has 0 heterocycles. The Morgan fingerprint density at radius 1 is 0.600 bits per heavy atom. The fourth-order valence-electron chi connectivity index (χ4n) is 2.97. The minimum Gasteiger partial charge on any atom is -0.0654 e. The molecule has 0 N–H and O–H groups in total.